The van der Waals surface area contributed by atoms with E-state index in [1.807, 2.05) is 0 Å². The number of aromatic nitrogens is 1. The van der Waals surface area contributed by atoms with Crippen LogP contribution in [0.4, 0.5) is 0 Å². The zero-order valence-corrected chi connectivity index (χ0v) is 14.6. The summed E-state index contributed by atoms with van der Waals surface area (Å²) in [5, 5.41) is 0. The number of carbonyl (C=O) groups is 3. The molecule has 1 aromatic heterocycles. The molecule has 0 bridgehead atoms. The molecule has 0 saturated carbocycles. The van der Waals surface area contributed by atoms with Crippen LogP contribution in [0, 0.1) is 5.92 Å². The minimum atomic E-state index is -0.534. The highest BCUT2D eigenvalue weighted by Crippen LogP contribution is 2.20. The molecule has 1 aliphatic rings. The average molecular weight is 362 g/mol. The number of rotatable bonds is 4. The molecule has 1 saturated heterocycles. The van der Waals surface area contributed by atoms with E-state index in [4.69, 9.17) is 9.47 Å². The molecule has 8 heteroatoms. The normalized spacial score (nSPS) is 15.2. The molecular formula is C17H18N2O5S. The van der Waals surface area contributed by atoms with E-state index in [2.05, 4.69) is 4.98 Å². The van der Waals surface area contributed by atoms with Crippen molar-refractivity contribution in [1.82, 2.24) is 9.88 Å². The molecule has 7 nitrogen and oxygen atoms in total. The van der Waals surface area contributed by atoms with E-state index in [-0.39, 0.29) is 24.4 Å². The maximum absolute atomic E-state index is 12.2. The highest BCUT2D eigenvalue weighted by Gasteiger charge is 2.28. The third kappa shape index (κ3) is 3.96. The van der Waals surface area contributed by atoms with Crippen LogP contribution < -0.4 is 0 Å². The fourth-order valence-corrected chi connectivity index (χ4v) is 3.53. The topological polar surface area (TPSA) is 85.8 Å². The molecular weight excluding hydrogens is 344 g/mol. The second-order valence-corrected chi connectivity index (χ2v) is 6.68. The van der Waals surface area contributed by atoms with Crippen molar-refractivity contribution in [2.75, 3.05) is 26.8 Å². The van der Waals surface area contributed by atoms with Gasteiger partial charge in [0.2, 0.25) is 0 Å². The first kappa shape index (κ1) is 17.3. The molecule has 0 spiro atoms. The van der Waals surface area contributed by atoms with Crippen LogP contribution in [0.1, 0.15) is 23.2 Å². The van der Waals surface area contributed by atoms with E-state index in [0.29, 0.717) is 31.5 Å². The van der Waals surface area contributed by atoms with Gasteiger partial charge in [-0.1, -0.05) is 0 Å². The molecule has 2 heterocycles. The Hall–Kier alpha value is -2.48. The average Bonchev–Trinajstić information content (AvgIpc) is 3.13. The van der Waals surface area contributed by atoms with Gasteiger partial charge >= 0.3 is 11.9 Å². The van der Waals surface area contributed by atoms with E-state index in [0.717, 1.165) is 10.2 Å². The maximum atomic E-state index is 12.2. The fourth-order valence-electron chi connectivity index (χ4n) is 2.82. The highest BCUT2D eigenvalue weighted by atomic mass is 32.1. The largest absolute Gasteiger partial charge is 0.469 e. The summed E-state index contributed by atoms with van der Waals surface area (Å²) in [7, 11) is 1.36. The summed E-state index contributed by atoms with van der Waals surface area (Å²) >= 11 is 1.44. The molecule has 0 atom stereocenters. The number of benzene rings is 1. The Labute approximate surface area is 148 Å². The Balaban J connectivity index is 1.50. The van der Waals surface area contributed by atoms with Gasteiger partial charge in [-0.15, -0.1) is 11.3 Å². The Morgan fingerprint density at radius 1 is 1.28 bits per heavy atom. The number of piperidine rings is 1. The van der Waals surface area contributed by atoms with Crippen LogP contribution >= 0.6 is 11.3 Å². The predicted octanol–water partition coefficient (Wildman–Crippen LogP) is 1.86. The van der Waals surface area contributed by atoms with Crippen LogP contribution in [-0.4, -0.2) is 54.5 Å². The summed E-state index contributed by atoms with van der Waals surface area (Å²) in [5.74, 6) is -1.19. The summed E-state index contributed by atoms with van der Waals surface area (Å²) in [6.45, 7) is 0.619. The lowest BCUT2D eigenvalue weighted by Crippen LogP contribution is -2.42. The summed E-state index contributed by atoms with van der Waals surface area (Å²) in [6.07, 6.45) is 1.13. The molecule has 0 unspecified atom stereocenters. The number of methoxy groups -OCH3 is 1. The van der Waals surface area contributed by atoms with Crippen LogP contribution in [0.2, 0.25) is 0 Å². The number of carbonyl (C=O) groups excluding carboxylic acids is 3. The van der Waals surface area contributed by atoms with E-state index in [1.54, 1.807) is 28.6 Å². The molecule has 1 aliphatic heterocycles. The van der Waals surface area contributed by atoms with Crippen molar-refractivity contribution in [3.05, 3.63) is 29.3 Å². The zero-order valence-electron chi connectivity index (χ0n) is 13.8. The summed E-state index contributed by atoms with van der Waals surface area (Å²) in [4.78, 5) is 41.5. The third-order valence-electron chi connectivity index (χ3n) is 4.28. The van der Waals surface area contributed by atoms with Crippen molar-refractivity contribution in [2.45, 2.75) is 12.8 Å². The Morgan fingerprint density at radius 2 is 2.04 bits per heavy atom. The number of hydrogen-bond acceptors (Lipinski definition) is 7. The minimum Gasteiger partial charge on any atom is -0.469 e. The van der Waals surface area contributed by atoms with E-state index in [1.165, 1.54) is 18.4 Å². The lowest BCUT2D eigenvalue weighted by Gasteiger charge is -2.30. The Kier molecular flexibility index (Phi) is 5.28. The van der Waals surface area contributed by atoms with Crippen LogP contribution in [0.5, 0.6) is 0 Å². The van der Waals surface area contributed by atoms with Crippen molar-refractivity contribution < 1.29 is 23.9 Å². The van der Waals surface area contributed by atoms with E-state index >= 15 is 0 Å². The third-order valence-corrected chi connectivity index (χ3v) is 5.07. The number of thiazole rings is 1. The van der Waals surface area contributed by atoms with Gasteiger partial charge in [-0.25, -0.2) is 9.78 Å². The number of likely N-dealkylation sites (tertiary alicyclic amines) is 1. The number of ether oxygens (including phenoxy) is 2. The molecule has 25 heavy (non-hydrogen) atoms. The number of nitrogens with zero attached hydrogens (tertiary/aromatic N) is 2. The van der Waals surface area contributed by atoms with Gasteiger partial charge in [0.05, 0.1) is 34.3 Å². The quantitative estimate of drug-likeness (QED) is 0.772. The molecule has 1 amide bonds. The first-order chi connectivity index (χ1) is 12.1. The smallest absolute Gasteiger partial charge is 0.338 e. The maximum Gasteiger partial charge on any atom is 0.338 e. The van der Waals surface area contributed by atoms with Gasteiger partial charge in [0, 0.05) is 13.1 Å². The number of fused-ring (bicyclic) bond motifs is 1. The van der Waals surface area contributed by atoms with Crippen LogP contribution in [0.25, 0.3) is 10.2 Å². The number of esters is 2. The first-order valence-corrected chi connectivity index (χ1v) is 8.82. The zero-order chi connectivity index (χ0) is 17.8. The molecule has 0 aliphatic carbocycles. The van der Waals surface area contributed by atoms with Crippen molar-refractivity contribution in [3.63, 3.8) is 0 Å². The number of amides is 1. The van der Waals surface area contributed by atoms with Crippen molar-refractivity contribution >= 4 is 39.4 Å². The summed E-state index contributed by atoms with van der Waals surface area (Å²) < 4.78 is 10.7. The molecule has 1 fully saturated rings. The van der Waals surface area contributed by atoms with Crippen LogP contribution in [0.15, 0.2) is 23.7 Å². The molecule has 3 rings (SSSR count). The van der Waals surface area contributed by atoms with Crippen LogP contribution in [-0.2, 0) is 19.1 Å². The van der Waals surface area contributed by atoms with Gasteiger partial charge in [-0.05, 0) is 31.0 Å². The lowest BCUT2D eigenvalue weighted by molar-refractivity contribution is -0.149. The second kappa shape index (κ2) is 7.60. The molecule has 2 aromatic rings. The summed E-state index contributed by atoms with van der Waals surface area (Å²) in [5.41, 5.74) is 2.93. The van der Waals surface area contributed by atoms with Crippen molar-refractivity contribution in [1.29, 1.82) is 0 Å². The Bertz CT molecular complexity index is 795. The number of hydrogen-bond donors (Lipinski definition) is 0. The van der Waals surface area contributed by atoms with Gasteiger partial charge in [0.25, 0.3) is 5.91 Å². The lowest BCUT2D eigenvalue weighted by atomic mass is 9.97. The highest BCUT2D eigenvalue weighted by molar-refractivity contribution is 7.16. The molecule has 0 radical (unpaired) electrons. The molecule has 0 N–H and O–H groups in total. The van der Waals surface area contributed by atoms with Gasteiger partial charge in [0.15, 0.2) is 6.61 Å². The monoisotopic (exact) mass is 362 g/mol. The summed E-state index contributed by atoms with van der Waals surface area (Å²) in [6, 6.07) is 5.10. The van der Waals surface area contributed by atoms with Crippen LogP contribution in [0.3, 0.4) is 0 Å². The van der Waals surface area contributed by atoms with Crippen molar-refractivity contribution in [2.24, 2.45) is 5.92 Å². The Morgan fingerprint density at radius 3 is 2.76 bits per heavy atom. The van der Waals surface area contributed by atoms with Gasteiger partial charge in [-0.2, -0.15) is 0 Å². The second-order valence-electron chi connectivity index (χ2n) is 5.79. The SMILES string of the molecule is COC(=O)C1CCN(C(=O)COC(=O)c2ccc3ncsc3c2)CC1. The van der Waals surface area contributed by atoms with E-state index in [9.17, 15) is 14.4 Å². The fraction of sp³-hybridized carbons (Fsp3) is 0.412. The standard InChI is InChI=1S/C17H18N2O5S/c1-23-16(21)11-4-6-19(7-5-11)15(20)9-24-17(22)12-2-3-13-14(8-12)25-10-18-13/h2-3,8,10-11H,4-7,9H2,1H3. The first-order valence-electron chi connectivity index (χ1n) is 7.94. The van der Waals surface area contributed by atoms with Gasteiger partial charge < -0.3 is 14.4 Å². The van der Waals surface area contributed by atoms with Crippen molar-refractivity contribution in [3.8, 4) is 0 Å². The molecule has 132 valence electrons. The van der Waals surface area contributed by atoms with Gasteiger partial charge in [-0.3, -0.25) is 9.59 Å². The van der Waals surface area contributed by atoms with Gasteiger partial charge in [0.1, 0.15) is 0 Å². The van der Waals surface area contributed by atoms with E-state index < -0.39 is 5.97 Å². The molecule has 1 aromatic carbocycles. The minimum absolute atomic E-state index is 0.164. The predicted molar refractivity (Wildman–Crippen MR) is 91.2 cm³/mol.